The zero-order valence-electron chi connectivity index (χ0n) is 12.5. The Morgan fingerprint density at radius 3 is 2.46 bits per heavy atom. The molecule has 0 bridgehead atoms. The van der Waals surface area contributed by atoms with Crippen LogP contribution in [0, 0.1) is 17.6 Å². The van der Waals surface area contributed by atoms with Crippen molar-refractivity contribution in [1.82, 2.24) is 15.5 Å². The number of aromatic nitrogens is 2. The lowest BCUT2D eigenvalue weighted by Gasteiger charge is -2.09. The lowest BCUT2D eigenvalue weighted by atomic mass is 10.1. The van der Waals surface area contributed by atoms with Crippen LogP contribution < -0.4 is 5.32 Å². The topological polar surface area (TPSA) is 68.0 Å². The second-order valence-corrected chi connectivity index (χ2v) is 5.19. The fraction of sp³-hybridized carbons (Fsp3) is 0.357. The molecule has 0 aliphatic heterocycles. The first-order valence-corrected chi connectivity index (χ1v) is 6.77. The molecule has 0 aliphatic carbocycles. The number of nitrogens with zero attached hydrogens (tertiary/aromatic N) is 2. The number of benzene rings is 1. The highest BCUT2D eigenvalue weighted by atomic mass is 19.4. The Morgan fingerprint density at radius 1 is 1.25 bits per heavy atom. The van der Waals surface area contributed by atoms with E-state index in [9.17, 15) is 26.7 Å². The van der Waals surface area contributed by atoms with Crippen molar-refractivity contribution in [3.63, 3.8) is 0 Å². The normalized spacial score (nSPS) is 11.8. The van der Waals surface area contributed by atoms with Gasteiger partial charge < -0.3 is 9.84 Å². The second-order valence-electron chi connectivity index (χ2n) is 5.19. The molecule has 0 saturated carbocycles. The van der Waals surface area contributed by atoms with Crippen molar-refractivity contribution < 1.29 is 31.3 Å². The first-order valence-electron chi connectivity index (χ1n) is 6.77. The van der Waals surface area contributed by atoms with Crippen molar-refractivity contribution in [3.05, 3.63) is 35.2 Å². The van der Waals surface area contributed by atoms with Crippen molar-refractivity contribution in [1.29, 1.82) is 0 Å². The van der Waals surface area contributed by atoms with E-state index in [0.717, 1.165) is 12.1 Å². The van der Waals surface area contributed by atoms with Crippen LogP contribution in [-0.2, 0) is 17.5 Å². The lowest BCUT2D eigenvalue weighted by molar-refractivity contribution is -0.159. The van der Waals surface area contributed by atoms with E-state index in [4.69, 9.17) is 0 Å². The van der Waals surface area contributed by atoms with E-state index >= 15 is 0 Å². The van der Waals surface area contributed by atoms with E-state index in [1.165, 1.54) is 0 Å². The number of amides is 1. The van der Waals surface area contributed by atoms with Crippen LogP contribution in [0.5, 0.6) is 0 Å². The van der Waals surface area contributed by atoms with Crippen molar-refractivity contribution in [3.8, 4) is 11.4 Å². The highest BCUT2D eigenvalue weighted by Crippen LogP contribution is 2.30. The average Bonchev–Trinajstić information content (AvgIpc) is 2.98. The van der Waals surface area contributed by atoms with Gasteiger partial charge in [-0.2, -0.15) is 18.2 Å². The molecule has 0 atom stereocenters. The summed E-state index contributed by atoms with van der Waals surface area (Å²) >= 11 is 0. The van der Waals surface area contributed by atoms with E-state index in [0.29, 0.717) is 0 Å². The number of nitrogens with one attached hydrogen (secondary N) is 1. The van der Waals surface area contributed by atoms with E-state index < -0.39 is 35.1 Å². The minimum Gasteiger partial charge on any atom is -0.352 e. The number of carbonyl (C=O) groups is 1. The Bertz CT molecular complexity index is 755. The smallest absolute Gasteiger partial charge is 0.352 e. The highest BCUT2D eigenvalue weighted by molar-refractivity contribution is 5.77. The molecule has 0 unspecified atom stereocenters. The first-order chi connectivity index (χ1) is 11.1. The van der Waals surface area contributed by atoms with Gasteiger partial charge in [0.1, 0.15) is 0 Å². The van der Waals surface area contributed by atoms with Crippen LogP contribution in [0.2, 0.25) is 0 Å². The zero-order chi connectivity index (χ0) is 18.1. The maximum absolute atomic E-state index is 14.0. The van der Waals surface area contributed by atoms with Gasteiger partial charge in [0.2, 0.25) is 11.7 Å². The second kappa shape index (κ2) is 6.54. The Morgan fingerprint density at radius 2 is 1.92 bits per heavy atom. The molecule has 1 heterocycles. The van der Waals surface area contributed by atoms with Crippen LogP contribution in [0.1, 0.15) is 25.3 Å². The summed E-state index contributed by atoms with van der Waals surface area (Å²) in [6, 6.07) is 2.14. The quantitative estimate of drug-likeness (QED) is 0.860. The molecule has 130 valence electrons. The Hall–Kier alpha value is -2.52. The van der Waals surface area contributed by atoms with Gasteiger partial charge in [-0.15, -0.1) is 0 Å². The van der Waals surface area contributed by atoms with Gasteiger partial charge in [0.05, 0.1) is 5.56 Å². The number of hydrogen-bond acceptors (Lipinski definition) is 4. The number of halogens is 5. The SMILES string of the molecule is CC(C)C(=O)NCc1ccc(-c2noc(C(F)(F)F)n2)c(F)c1F. The molecule has 1 aromatic heterocycles. The molecule has 2 rings (SSSR count). The monoisotopic (exact) mass is 349 g/mol. The third-order valence-corrected chi connectivity index (χ3v) is 3.05. The summed E-state index contributed by atoms with van der Waals surface area (Å²) in [5.74, 6) is -5.82. The fourth-order valence-electron chi connectivity index (χ4n) is 1.73. The van der Waals surface area contributed by atoms with Crippen LogP contribution >= 0.6 is 0 Å². The minimum absolute atomic E-state index is 0.162. The predicted molar refractivity (Wildman–Crippen MR) is 71.3 cm³/mol. The van der Waals surface area contributed by atoms with E-state index in [1.807, 2.05) is 0 Å². The van der Waals surface area contributed by atoms with Gasteiger partial charge in [0.25, 0.3) is 0 Å². The van der Waals surface area contributed by atoms with Crippen molar-refractivity contribution in [2.75, 3.05) is 0 Å². The molecule has 1 N–H and O–H groups in total. The van der Waals surface area contributed by atoms with Gasteiger partial charge in [-0.05, 0) is 6.07 Å². The average molecular weight is 349 g/mol. The third-order valence-electron chi connectivity index (χ3n) is 3.05. The molecule has 1 amide bonds. The summed E-state index contributed by atoms with van der Waals surface area (Å²) in [6.45, 7) is 2.99. The Labute approximate surface area is 132 Å². The standard InChI is InChI=1S/C14H12F5N3O2/c1-6(2)12(23)20-5-7-3-4-8(10(16)9(7)15)11-21-13(24-22-11)14(17,18)19/h3-4,6H,5H2,1-2H3,(H,20,23). The molecule has 5 nitrogen and oxygen atoms in total. The van der Waals surface area contributed by atoms with Crippen LogP contribution in [0.25, 0.3) is 11.4 Å². The lowest BCUT2D eigenvalue weighted by Crippen LogP contribution is -2.27. The summed E-state index contributed by atoms with van der Waals surface area (Å²) in [7, 11) is 0. The molecule has 0 radical (unpaired) electrons. The van der Waals surface area contributed by atoms with Gasteiger partial charge in [-0.1, -0.05) is 25.1 Å². The molecular weight excluding hydrogens is 337 g/mol. The van der Waals surface area contributed by atoms with Crippen LogP contribution in [0.15, 0.2) is 16.7 Å². The third kappa shape index (κ3) is 3.69. The Balaban J connectivity index is 2.27. The number of carbonyl (C=O) groups excluding carboxylic acids is 1. The highest BCUT2D eigenvalue weighted by Gasteiger charge is 2.38. The molecule has 24 heavy (non-hydrogen) atoms. The molecule has 0 spiro atoms. The largest absolute Gasteiger partial charge is 0.471 e. The summed E-state index contributed by atoms with van der Waals surface area (Å²) in [5.41, 5.74) is -0.740. The van der Waals surface area contributed by atoms with Gasteiger partial charge >= 0.3 is 12.1 Å². The molecule has 2 aromatic rings. The first kappa shape index (κ1) is 17.8. The van der Waals surface area contributed by atoms with E-state index in [2.05, 4.69) is 20.0 Å². The number of hydrogen-bond donors (Lipinski definition) is 1. The van der Waals surface area contributed by atoms with Gasteiger partial charge in [-0.25, -0.2) is 8.78 Å². The van der Waals surface area contributed by atoms with Gasteiger partial charge in [0, 0.05) is 18.0 Å². The van der Waals surface area contributed by atoms with Crippen LogP contribution in [0.3, 0.4) is 0 Å². The number of alkyl halides is 3. The molecule has 1 aromatic carbocycles. The summed E-state index contributed by atoms with van der Waals surface area (Å²) in [4.78, 5) is 14.4. The maximum atomic E-state index is 14.0. The Kier molecular flexibility index (Phi) is 4.86. The minimum atomic E-state index is -4.89. The predicted octanol–water partition coefficient (Wildman–Crippen LogP) is 3.31. The van der Waals surface area contributed by atoms with Crippen LogP contribution in [0.4, 0.5) is 22.0 Å². The van der Waals surface area contributed by atoms with E-state index in [1.54, 1.807) is 13.8 Å². The molecule has 0 fully saturated rings. The van der Waals surface area contributed by atoms with E-state index in [-0.39, 0.29) is 23.9 Å². The maximum Gasteiger partial charge on any atom is 0.471 e. The molecule has 0 aliphatic rings. The molecular formula is C14H12F5N3O2. The van der Waals surface area contributed by atoms with Crippen molar-refractivity contribution in [2.24, 2.45) is 5.92 Å². The van der Waals surface area contributed by atoms with Crippen molar-refractivity contribution >= 4 is 5.91 Å². The van der Waals surface area contributed by atoms with Crippen LogP contribution in [-0.4, -0.2) is 16.0 Å². The summed E-state index contributed by atoms with van der Waals surface area (Å²) < 4.78 is 69.2. The zero-order valence-corrected chi connectivity index (χ0v) is 12.5. The summed E-state index contributed by atoms with van der Waals surface area (Å²) in [5, 5.41) is 5.40. The van der Waals surface area contributed by atoms with Crippen molar-refractivity contribution in [2.45, 2.75) is 26.6 Å². The molecule has 0 saturated heterocycles. The summed E-state index contributed by atoms with van der Waals surface area (Å²) in [6.07, 6.45) is -4.89. The molecule has 10 heteroatoms. The number of rotatable bonds is 4. The van der Waals surface area contributed by atoms with Gasteiger partial charge in [-0.3, -0.25) is 4.79 Å². The fourth-order valence-corrected chi connectivity index (χ4v) is 1.73. The van der Waals surface area contributed by atoms with Gasteiger partial charge in [0.15, 0.2) is 11.6 Å².